The first kappa shape index (κ1) is 35.1. The summed E-state index contributed by atoms with van der Waals surface area (Å²) in [5.41, 5.74) is 6.48. The van der Waals surface area contributed by atoms with Crippen LogP contribution in [0.25, 0.3) is 39.2 Å². The molecular weight excluding hydrogens is 687 g/mol. The smallest absolute Gasteiger partial charge is 0.262 e. The number of nitrogens with one attached hydrogen (secondary N) is 3. The summed E-state index contributed by atoms with van der Waals surface area (Å²) in [6, 6.07) is 19.6. The summed E-state index contributed by atoms with van der Waals surface area (Å²) in [5, 5.41) is 20.8. The maximum atomic E-state index is 13.5. The quantitative estimate of drug-likeness (QED) is 0.129. The second-order valence-electron chi connectivity index (χ2n) is 13.8. The Hall–Kier alpha value is -4.32. The Labute approximate surface area is 306 Å². The highest BCUT2D eigenvalue weighted by atomic mass is 35.5. The number of carbonyl (C=O) groups is 1. The first-order valence-corrected chi connectivity index (χ1v) is 17.9. The second kappa shape index (κ2) is 14.4. The third-order valence-corrected chi connectivity index (χ3v) is 10.6. The number of aromatic nitrogens is 3. The van der Waals surface area contributed by atoms with Gasteiger partial charge in [-0.05, 0) is 56.9 Å². The number of amides is 1. The molecule has 0 bridgehead atoms. The molecule has 4 N–H and O–H groups in total. The third kappa shape index (κ3) is 7.24. The Bertz CT molecular complexity index is 2200. The fourth-order valence-corrected chi connectivity index (χ4v) is 7.80. The average molecular weight is 728 g/mol. The van der Waals surface area contributed by atoms with E-state index in [0.29, 0.717) is 71.7 Å². The van der Waals surface area contributed by atoms with Crippen LogP contribution in [0.15, 0.2) is 71.7 Å². The van der Waals surface area contributed by atoms with E-state index in [0.717, 1.165) is 45.5 Å². The van der Waals surface area contributed by atoms with Crippen molar-refractivity contribution < 1.29 is 14.6 Å². The van der Waals surface area contributed by atoms with E-state index in [1.165, 1.54) is 0 Å². The van der Waals surface area contributed by atoms with Crippen molar-refractivity contribution in [2.45, 2.75) is 70.3 Å². The van der Waals surface area contributed by atoms with E-state index in [1.54, 1.807) is 17.7 Å². The van der Waals surface area contributed by atoms with E-state index in [1.807, 2.05) is 74.5 Å². The lowest BCUT2D eigenvalue weighted by Crippen LogP contribution is -2.51. The fraction of sp³-hybridized carbons (Fsp3) is 0.333. The molecular formula is C39H40Cl2N6O4. The number of fused-ring (bicyclic) bond motifs is 1. The van der Waals surface area contributed by atoms with Gasteiger partial charge in [0, 0.05) is 77.8 Å². The van der Waals surface area contributed by atoms with Crippen molar-refractivity contribution in [2.24, 2.45) is 0 Å². The minimum absolute atomic E-state index is 0.0939. The van der Waals surface area contributed by atoms with Gasteiger partial charge >= 0.3 is 0 Å². The SMILES string of the molecule is COc1nc(-c2cccc(-c3cccc(-c4cc(C)n5c(=O)c(CN[C@H]6C[C@@](C)(O)C6)cnc5c4)c3Cl)c2Cl)ccc1CNC[C@@H]1CCC(=O)N1. The number of pyridine rings is 2. The first-order valence-electron chi connectivity index (χ1n) is 17.1. The van der Waals surface area contributed by atoms with Crippen LogP contribution < -0.4 is 26.2 Å². The number of benzene rings is 2. The maximum Gasteiger partial charge on any atom is 0.262 e. The highest BCUT2D eigenvalue weighted by molar-refractivity contribution is 6.39. The average Bonchev–Trinajstić information content (AvgIpc) is 3.51. The number of hydrogen-bond donors (Lipinski definition) is 4. The van der Waals surface area contributed by atoms with E-state index in [2.05, 4.69) is 20.9 Å². The molecule has 12 heteroatoms. The van der Waals surface area contributed by atoms with Crippen LogP contribution in [0.4, 0.5) is 0 Å². The summed E-state index contributed by atoms with van der Waals surface area (Å²) in [6.45, 7) is 5.31. The molecule has 1 aliphatic heterocycles. The van der Waals surface area contributed by atoms with Gasteiger partial charge in [0.15, 0.2) is 0 Å². The van der Waals surface area contributed by atoms with E-state index in [-0.39, 0.29) is 23.6 Å². The van der Waals surface area contributed by atoms with Gasteiger partial charge in [-0.3, -0.25) is 14.0 Å². The lowest BCUT2D eigenvalue weighted by Gasteiger charge is -2.41. The van der Waals surface area contributed by atoms with Crippen molar-refractivity contribution in [3.05, 3.63) is 104 Å². The zero-order chi connectivity index (χ0) is 35.9. The number of hydrogen-bond acceptors (Lipinski definition) is 8. The van der Waals surface area contributed by atoms with Gasteiger partial charge < -0.3 is 25.8 Å². The molecule has 2 aliphatic rings. The number of methoxy groups -OCH3 is 1. The predicted octanol–water partition coefficient (Wildman–Crippen LogP) is 6.09. The maximum absolute atomic E-state index is 13.5. The van der Waals surface area contributed by atoms with Crippen LogP contribution in [0.1, 0.15) is 49.4 Å². The van der Waals surface area contributed by atoms with Crippen LogP contribution in [-0.2, 0) is 17.9 Å². The van der Waals surface area contributed by atoms with Crippen molar-refractivity contribution in [3.63, 3.8) is 0 Å². The molecule has 2 aromatic carbocycles. The largest absolute Gasteiger partial charge is 0.481 e. The van der Waals surface area contributed by atoms with Crippen molar-refractivity contribution in [1.82, 2.24) is 30.3 Å². The van der Waals surface area contributed by atoms with E-state index in [9.17, 15) is 14.7 Å². The highest BCUT2D eigenvalue weighted by Crippen LogP contribution is 2.42. The molecule has 1 saturated carbocycles. The molecule has 1 amide bonds. The summed E-state index contributed by atoms with van der Waals surface area (Å²) in [5.74, 6) is 0.587. The van der Waals surface area contributed by atoms with Crippen molar-refractivity contribution in [3.8, 4) is 39.4 Å². The van der Waals surface area contributed by atoms with Crippen molar-refractivity contribution in [2.75, 3.05) is 13.7 Å². The number of halogens is 2. The normalized spacial score (nSPS) is 20.0. The van der Waals surface area contributed by atoms with Gasteiger partial charge in [-0.25, -0.2) is 9.97 Å². The number of carbonyl (C=O) groups excluding carboxylic acids is 1. The molecule has 51 heavy (non-hydrogen) atoms. The standard InChI is InChI=1S/C39H40Cl2N6O4/c1-22-14-24(15-33-44-20-25(38(49)47(22)33)19-43-27-16-39(2,50)17-27)28-6-4-7-29(35(28)40)30-8-5-9-31(36(30)41)32-12-10-23(37(46-32)51-3)18-42-21-26-11-13-34(48)45-26/h4-10,12,14-15,20,26-27,42-43,50H,11,13,16-19,21H2,1-3H3,(H,45,48)/t26-,27-,39+/m0/s1. The van der Waals surface area contributed by atoms with E-state index < -0.39 is 5.60 Å². The van der Waals surface area contributed by atoms with Gasteiger partial charge in [0.2, 0.25) is 11.8 Å². The molecule has 5 aromatic rings. The topological polar surface area (TPSA) is 130 Å². The van der Waals surface area contributed by atoms with E-state index in [4.69, 9.17) is 32.9 Å². The second-order valence-corrected chi connectivity index (χ2v) is 14.5. The zero-order valence-electron chi connectivity index (χ0n) is 28.7. The number of aryl methyl sites for hydroxylation is 1. The molecule has 0 unspecified atom stereocenters. The molecule has 3 aromatic heterocycles. The Morgan fingerprint density at radius 2 is 1.69 bits per heavy atom. The van der Waals surface area contributed by atoms with Gasteiger partial charge in [0.05, 0.1) is 34.0 Å². The molecule has 1 saturated heterocycles. The molecule has 4 heterocycles. The minimum Gasteiger partial charge on any atom is -0.481 e. The van der Waals surface area contributed by atoms with E-state index >= 15 is 0 Å². The molecule has 0 spiro atoms. The Morgan fingerprint density at radius 1 is 0.980 bits per heavy atom. The molecule has 1 aliphatic carbocycles. The zero-order valence-corrected chi connectivity index (χ0v) is 30.2. The van der Waals surface area contributed by atoms with Crippen LogP contribution in [0, 0.1) is 6.92 Å². The summed E-state index contributed by atoms with van der Waals surface area (Å²) in [7, 11) is 1.59. The molecule has 1 atom stereocenters. The summed E-state index contributed by atoms with van der Waals surface area (Å²) in [4.78, 5) is 34.4. The van der Waals surface area contributed by atoms with Crippen LogP contribution in [0.2, 0.25) is 10.0 Å². The molecule has 10 nitrogen and oxygen atoms in total. The highest BCUT2D eigenvalue weighted by Gasteiger charge is 2.38. The van der Waals surface area contributed by atoms with Crippen LogP contribution in [0.3, 0.4) is 0 Å². The third-order valence-electron chi connectivity index (χ3n) is 9.81. The molecule has 264 valence electrons. The van der Waals surface area contributed by atoms with Crippen LogP contribution in [-0.4, -0.2) is 56.7 Å². The Kier molecular flexibility index (Phi) is 9.88. The Balaban J connectivity index is 1.14. The number of nitrogens with zero attached hydrogens (tertiary/aromatic N) is 3. The first-order chi connectivity index (χ1) is 24.5. The number of rotatable bonds is 11. The molecule has 7 rings (SSSR count). The van der Waals surface area contributed by atoms with Gasteiger partial charge in [-0.2, -0.15) is 0 Å². The number of ether oxygens (including phenoxy) is 1. The summed E-state index contributed by atoms with van der Waals surface area (Å²) >= 11 is 14.3. The van der Waals surface area contributed by atoms with Gasteiger partial charge in [0.1, 0.15) is 5.65 Å². The Morgan fingerprint density at radius 3 is 2.37 bits per heavy atom. The number of aliphatic hydroxyl groups is 1. The minimum atomic E-state index is -0.637. The predicted molar refractivity (Wildman–Crippen MR) is 200 cm³/mol. The molecule has 0 radical (unpaired) electrons. The van der Waals surface area contributed by atoms with Gasteiger partial charge in [-0.15, -0.1) is 0 Å². The lowest BCUT2D eigenvalue weighted by atomic mass is 9.77. The van der Waals surface area contributed by atoms with Gasteiger partial charge in [0.25, 0.3) is 5.56 Å². The van der Waals surface area contributed by atoms with Gasteiger partial charge in [-0.1, -0.05) is 65.7 Å². The van der Waals surface area contributed by atoms with Crippen LogP contribution >= 0.6 is 23.2 Å². The van der Waals surface area contributed by atoms with Crippen molar-refractivity contribution in [1.29, 1.82) is 0 Å². The monoisotopic (exact) mass is 726 g/mol. The van der Waals surface area contributed by atoms with Crippen molar-refractivity contribution >= 4 is 34.8 Å². The lowest BCUT2D eigenvalue weighted by molar-refractivity contribution is -0.119. The summed E-state index contributed by atoms with van der Waals surface area (Å²) in [6.07, 6.45) is 4.34. The molecule has 2 fully saturated rings. The van der Waals surface area contributed by atoms with Crippen LogP contribution in [0.5, 0.6) is 5.88 Å². The fourth-order valence-electron chi connectivity index (χ4n) is 7.14. The summed E-state index contributed by atoms with van der Waals surface area (Å²) < 4.78 is 7.27.